The Morgan fingerprint density at radius 3 is 2.04 bits per heavy atom. The maximum atomic E-state index is 12.8. The van der Waals surface area contributed by atoms with Gasteiger partial charge in [-0.15, -0.1) is 0 Å². The maximum absolute atomic E-state index is 12.8. The molecule has 1 aliphatic carbocycles. The van der Waals surface area contributed by atoms with E-state index >= 15 is 0 Å². The second-order valence-electron chi connectivity index (χ2n) is 7.65. The highest BCUT2D eigenvalue weighted by Gasteiger charge is 2.32. The number of benzene rings is 1. The van der Waals surface area contributed by atoms with Crippen LogP contribution in [0.5, 0.6) is 0 Å². The Morgan fingerprint density at radius 1 is 0.893 bits per heavy atom. The largest absolute Gasteiger partial charge is 0.550 e. The van der Waals surface area contributed by atoms with Gasteiger partial charge in [-0.1, -0.05) is 25.7 Å². The number of nitrogens with one attached hydrogen (secondary N) is 1. The van der Waals surface area contributed by atoms with Crippen molar-refractivity contribution in [2.45, 2.75) is 56.3 Å². The van der Waals surface area contributed by atoms with Gasteiger partial charge in [0.15, 0.2) is 0 Å². The quantitative estimate of drug-likeness (QED) is 0.800. The van der Waals surface area contributed by atoms with E-state index < -0.39 is 27.8 Å². The number of carboxylic acid groups (broad SMARTS) is 1. The Kier molecular flexibility index (Phi) is 6.72. The van der Waals surface area contributed by atoms with Crippen molar-refractivity contribution in [1.29, 1.82) is 0 Å². The van der Waals surface area contributed by atoms with Gasteiger partial charge in [0, 0.05) is 36.6 Å². The van der Waals surface area contributed by atoms with E-state index in [-0.39, 0.29) is 10.8 Å². The number of aliphatic carboxylic acids is 1. The van der Waals surface area contributed by atoms with Gasteiger partial charge in [-0.25, -0.2) is 8.42 Å². The van der Waals surface area contributed by atoms with Gasteiger partial charge in [0.2, 0.25) is 15.9 Å². The molecule has 0 spiro atoms. The van der Waals surface area contributed by atoms with Crippen molar-refractivity contribution < 1.29 is 23.1 Å². The molecule has 3 rings (SSSR count). The van der Waals surface area contributed by atoms with E-state index in [9.17, 15) is 23.1 Å². The third kappa shape index (κ3) is 4.72. The van der Waals surface area contributed by atoms with Gasteiger partial charge >= 0.3 is 0 Å². The van der Waals surface area contributed by atoms with Gasteiger partial charge in [-0.3, -0.25) is 4.79 Å². The molecule has 1 heterocycles. The van der Waals surface area contributed by atoms with Gasteiger partial charge in [0.05, 0.1) is 4.90 Å². The molecule has 0 unspecified atom stereocenters. The number of hydrogen-bond acceptors (Lipinski definition) is 5. The highest BCUT2D eigenvalue weighted by molar-refractivity contribution is 7.89. The van der Waals surface area contributed by atoms with Crippen LogP contribution in [0.15, 0.2) is 29.2 Å². The van der Waals surface area contributed by atoms with Gasteiger partial charge < -0.3 is 15.2 Å². The van der Waals surface area contributed by atoms with Crippen LogP contribution in [0.3, 0.4) is 0 Å². The van der Waals surface area contributed by atoms with Crippen molar-refractivity contribution in [3.8, 4) is 0 Å². The maximum Gasteiger partial charge on any atom is 0.243 e. The third-order valence-electron chi connectivity index (χ3n) is 5.73. The summed E-state index contributed by atoms with van der Waals surface area (Å²) in [6.07, 6.45) is 6.40. The smallest absolute Gasteiger partial charge is 0.243 e. The Bertz CT molecular complexity index is 798. The zero-order valence-corrected chi connectivity index (χ0v) is 16.7. The second kappa shape index (κ2) is 9.05. The Balaban J connectivity index is 1.68. The standard InChI is InChI=1S/C20H28N2O5S/c23-19(17-7-3-4-8-18(17)20(24)25)21-15-9-11-16(12-10-15)28(26,27)22-13-5-1-2-6-14-22/h9-12,17-18H,1-8,13-14H2,(H,21,23)(H,24,25)/p-1/t17-,18+/m1/s1. The summed E-state index contributed by atoms with van der Waals surface area (Å²) >= 11 is 0. The Hall–Kier alpha value is -1.93. The van der Waals surface area contributed by atoms with Crippen LogP contribution in [0, 0.1) is 11.8 Å². The molecule has 0 aromatic heterocycles. The highest BCUT2D eigenvalue weighted by atomic mass is 32.2. The fourth-order valence-electron chi connectivity index (χ4n) is 4.10. The Morgan fingerprint density at radius 2 is 1.46 bits per heavy atom. The lowest BCUT2D eigenvalue weighted by Gasteiger charge is -2.31. The lowest BCUT2D eigenvalue weighted by Crippen LogP contribution is -2.42. The lowest BCUT2D eigenvalue weighted by atomic mass is 9.78. The summed E-state index contributed by atoms with van der Waals surface area (Å²) in [6.45, 7) is 1.07. The first-order valence-corrected chi connectivity index (χ1v) is 11.5. The number of carboxylic acids is 1. The van der Waals surface area contributed by atoms with E-state index in [2.05, 4.69) is 5.32 Å². The molecule has 2 aliphatic rings. The summed E-state index contributed by atoms with van der Waals surface area (Å²) in [5, 5.41) is 14.0. The van der Waals surface area contributed by atoms with Crippen LogP contribution < -0.4 is 10.4 Å². The van der Waals surface area contributed by atoms with Gasteiger partial charge in [0.25, 0.3) is 0 Å². The molecule has 1 N–H and O–H groups in total. The van der Waals surface area contributed by atoms with E-state index in [0.29, 0.717) is 31.6 Å². The number of rotatable bonds is 5. The Labute approximate surface area is 166 Å². The number of hydrogen-bond donors (Lipinski definition) is 1. The number of amides is 1. The molecule has 7 nitrogen and oxygen atoms in total. The van der Waals surface area contributed by atoms with Crippen LogP contribution in [-0.2, 0) is 19.6 Å². The summed E-state index contributed by atoms with van der Waals surface area (Å²) in [4.78, 5) is 24.0. The van der Waals surface area contributed by atoms with Crippen molar-refractivity contribution in [2.24, 2.45) is 11.8 Å². The molecule has 1 aromatic rings. The average molecular weight is 408 g/mol. The highest BCUT2D eigenvalue weighted by Crippen LogP contribution is 2.31. The number of carbonyl (C=O) groups is 2. The predicted molar refractivity (Wildman–Crippen MR) is 103 cm³/mol. The molecule has 1 aliphatic heterocycles. The normalized spacial score (nSPS) is 24.3. The van der Waals surface area contributed by atoms with E-state index in [1.54, 1.807) is 12.1 Å². The first-order chi connectivity index (χ1) is 13.4. The minimum Gasteiger partial charge on any atom is -0.550 e. The molecule has 1 amide bonds. The molecular weight excluding hydrogens is 380 g/mol. The van der Waals surface area contributed by atoms with Crippen molar-refractivity contribution in [1.82, 2.24) is 4.31 Å². The fourth-order valence-corrected chi connectivity index (χ4v) is 5.62. The molecule has 1 saturated heterocycles. The first kappa shape index (κ1) is 20.8. The van der Waals surface area contributed by atoms with Gasteiger partial charge in [-0.05, 0) is 49.9 Å². The fraction of sp³-hybridized carbons (Fsp3) is 0.600. The first-order valence-electron chi connectivity index (χ1n) is 10.0. The topological polar surface area (TPSA) is 107 Å². The van der Waals surface area contributed by atoms with E-state index in [0.717, 1.165) is 38.5 Å². The average Bonchev–Trinajstić information content (AvgIpc) is 2.98. The van der Waals surface area contributed by atoms with Crippen LogP contribution in [0.1, 0.15) is 51.4 Å². The number of carbonyl (C=O) groups excluding carboxylic acids is 2. The van der Waals surface area contributed by atoms with Crippen LogP contribution in [-0.4, -0.2) is 37.7 Å². The molecular formula is C20H27N2O5S-. The minimum absolute atomic E-state index is 0.206. The molecule has 1 saturated carbocycles. The van der Waals surface area contributed by atoms with E-state index in [1.165, 1.54) is 16.4 Å². The molecule has 1 aromatic carbocycles. The molecule has 0 radical (unpaired) electrons. The van der Waals surface area contributed by atoms with Crippen LogP contribution in [0.4, 0.5) is 5.69 Å². The molecule has 28 heavy (non-hydrogen) atoms. The number of sulfonamides is 1. The van der Waals surface area contributed by atoms with E-state index in [1.807, 2.05) is 0 Å². The van der Waals surface area contributed by atoms with Crippen molar-refractivity contribution >= 4 is 27.6 Å². The zero-order chi connectivity index (χ0) is 20.1. The molecule has 8 heteroatoms. The summed E-state index contributed by atoms with van der Waals surface area (Å²) < 4.78 is 27.1. The number of anilines is 1. The van der Waals surface area contributed by atoms with Crippen molar-refractivity contribution in [3.05, 3.63) is 24.3 Å². The van der Waals surface area contributed by atoms with Crippen LogP contribution in [0.25, 0.3) is 0 Å². The van der Waals surface area contributed by atoms with Crippen LogP contribution >= 0.6 is 0 Å². The van der Waals surface area contributed by atoms with Crippen molar-refractivity contribution in [2.75, 3.05) is 18.4 Å². The molecule has 2 fully saturated rings. The van der Waals surface area contributed by atoms with E-state index in [4.69, 9.17) is 0 Å². The summed E-state index contributed by atoms with van der Waals surface area (Å²) in [5.41, 5.74) is 0.461. The molecule has 0 bridgehead atoms. The van der Waals surface area contributed by atoms with Crippen LogP contribution in [0.2, 0.25) is 0 Å². The summed E-state index contributed by atoms with van der Waals surface area (Å²) in [5.74, 6) is -2.91. The van der Waals surface area contributed by atoms with Gasteiger partial charge in [-0.2, -0.15) is 4.31 Å². The lowest BCUT2D eigenvalue weighted by molar-refractivity contribution is -0.313. The summed E-state index contributed by atoms with van der Waals surface area (Å²) in [7, 11) is -3.54. The zero-order valence-electron chi connectivity index (χ0n) is 15.9. The third-order valence-corrected chi connectivity index (χ3v) is 7.64. The SMILES string of the molecule is O=C([O-])[C@H]1CCCC[C@H]1C(=O)Nc1ccc(S(=O)(=O)N2CCCCCC2)cc1. The second-order valence-corrected chi connectivity index (χ2v) is 9.59. The minimum atomic E-state index is -3.54. The monoisotopic (exact) mass is 407 g/mol. The summed E-state index contributed by atoms with van der Waals surface area (Å²) in [6, 6.07) is 6.10. The molecule has 154 valence electrons. The predicted octanol–water partition coefficient (Wildman–Crippen LogP) is 1.75. The van der Waals surface area contributed by atoms with Gasteiger partial charge in [0.1, 0.15) is 0 Å². The molecule has 2 atom stereocenters. The number of nitrogens with zero attached hydrogens (tertiary/aromatic N) is 1. The van der Waals surface area contributed by atoms with Crippen molar-refractivity contribution in [3.63, 3.8) is 0 Å².